The molecule has 84 valence electrons. The Hall–Kier alpha value is -0.940. The third-order valence-electron chi connectivity index (χ3n) is 2.74. The van der Waals surface area contributed by atoms with Gasteiger partial charge in [0, 0.05) is 19.4 Å². The second-order valence-corrected chi connectivity index (χ2v) is 4.06. The summed E-state index contributed by atoms with van der Waals surface area (Å²) in [5.74, 6) is 2.14. The van der Waals surface area contributed by atoms with Crippen molar-refractivity contribution in [3.05, 3.63) is 11.7 Å². The van der Waals surface area contributed by atoms with E-state index in [9.17, 15) is 0 Å². The number of rotatable bonds is 4. The van der Waals surface area contributed by atoms with E-state index < -0.39 is 0 Å². The lowest BCUT2D eigenvalue weighted by atomic mass is 9.96. The fourth-order valence-corrected chi connectivity index (χ4v) is 1.95. The summed E-state index contributed by atoms with van der Waals surface area (Å²) in [7, 11) is 0. The number of nitrogens with zero attached hydrogens (tertiary/aromatic N) is 2. The predicted octanol–water partition coefficient (Wildman–Crippen LogP) is 0.113. The van der Waals surface area contributed by atoms with Crippen molar-refractivity contribution in [1.82, 2.24) is 15.5 Å². The van der Waals surface area contributed by atoms with Crippen molar-refractivity contribution in [2.24, 2.45) is 11.7 Å². The number of hydrogen-bond donors (Lipinski definition) is 2. The molecule has 1 aliphatic rings. The number of nitrogens with two attached hydrogens (primary N) is 1. The van der Waals surface area contributed by atoms with Crippen molar-refractivity contribution in [2.45, 2.75) is 25.7 Å². The van der Waals surface area contributed by atoms with Gasteiger partial charge in [-0.15, -0.1) is 0 Å². The maximum atomic E-state index is 5.42. The molecule has 1 aromatic rings. The molecule has 1 atom stereocenters. The summed E-state index contributed by atoms with van der Waals surface area (Å²) >= 11 is 0. The second-order valence-electron chi connectivity index (χ2n) is 4.06. The highest BCUT2D eigenvalue weighted by atomic mass is 16.5. The molecule has 0 amide bonds. The van der Waals surface area contributed by atoms with E-state index in [1.165, 1.54) is 12.8 Å². The maximum Gasteiger partial charge on any atom is 0.227 e. The van der Waals surface area contributed by atoms with Crippen molar-refractivity contribution >= 4 is 0 Å². The third kappa shape index (κ3) is 3.00. The van der Waals surface area contributed by atoms with Gasteiger partial charge in [0.15, 0.2) is 5.82 Å². The molecule has 5 nitrogen and oxygen atoms in total. The zero-order valence-corrected chi connectivity index (χ0v) is 8.91. The molecular weight excluding hydrogens is 192 g/mol. The Morgan fingerprint density at radius 1 is 1.53 bits per heavy atom. The average Bonchev–Trinajstić information content (AvgIpc) is 2.68. The minimum Gasteiger partial charge on any atom is -0.339 e. The van der Waals surface area contributed by atoms with E-state index in [4.69, 9.17) is 10.3 Å². The van der Waals surface area contributed by atoms with E-state index in [0.29, 0.717) is 24.8 Å². The highest BCUT2D eigenvalue weighted by molar-refractivity contribution is 4.90. The van der Waals surface area contributed by atoms with Crippen molar-refractivity contribution in [3.8, 4) is 0 Å². The number of piperidine rings is 1. The monoisotopic (exact) mass is 210 g/mol. The van der Waals surface area contributed by atoms with E-state index in [-0.39, 0.29) is 0 Å². The van der Waals surface area contributed by atoms with Crippen LogP contribution in [0.15, 0.2) is 4.52 Å². The molecule has 0 aliphatic carbocycles. The van der Waals surface area contributed by atoms with Crippen LogP contribution in [-0.2, 0) is 12.8 Å². The third-order valence-corrected chi connectivity index (χ3v) is 2.74. The van der Waals surface area contributed by atoms with Crippen LogP contribution in [0, 0.1) is 5.92 Å². The van der Waals surface area contributed by atoms with Gasteiger partial charge < -0.3 is 15.6 Å². The largest absolute Gasteiger partial charge is 0.339 e. The Morgan fingerprint density at radius 2 is 2.47 bits per heavy atom. The summed E-state index contributed by atoms with van der Waals surface area (Å²) < 4.78 is 5.09. The minimum atomic E-state index is 0.562. The molecule has 2 heterocycles. The zero-order valence-electron chi connectivity index (χ0n) is 8.91. The molecule has 0 saturated carbocycles. The number of aromatic nitrogens is 2. The number of hydrogen-bond acceptors (Lipinski definition) is 5. The topological polar surface area (TPSA) is 77.0 Å². The van der Waals surface area contributed by atoms with Gasteiger partial charge >= 0.3 is 0 Å². The van der Waals surface area contributed by atoms with Crippen LogP contribution in [0.2, 0.25) is 0 Å². The summed E-state index contributed by atoms with van der Waals surface area (Å²) in [5.41, 5.74) is 5.42. The van der Waals surface area contributed by atoms with Crippen LogP contribution in [0.4, 0.5) is 0 Å². The maximum absolute atomic E-state index is 5.42. The Balaban J connectivity index is 1.86. The van der Waals surface area contributed by atoms with Gasteiger partial charge in [0.05, 0.1) is 0 Å². The van der Waals surface area contributed by atoms with Crippen LogP contribution in [0.5, 0.6) is 0 Å². The molecule has 1 aliphatic heterocycles. The lowest BCUT2D eigenvalue weighted by Gasteiger charge is -2.20. The quantitative estimate of drug-likeness (QED) is 0.737. The van der Waals surface area contributed by atoms with Crippen LogP contribution in [-0.4, -0.2) is 29.8 Å². The summed E-state index contributed by atoms with van der Waals surface area (Å²) in [6, 6.07) is 0. The first-order valence-corrected chi connectivity index (χ1v) is 5.60. The van der Waals surface area contributed by atoms with Crippen LogP contribution in [0.3, 0.4) is 0 Å². The summed E-state index contributed by atoms with van der Waals surface area (Å²) in [4.78, 5) is 4.31. The van der Waals surface area contributed by atoms with Crippen molar-refractivity contribution in [3.63, 3.8) is 0 Å². The lowest BCUT2D eigenvalue weighted by Crippen LogP contribution is -2.31. The van der Waals surface area contributed by atoms with E-state index in [1.807, 2.05) is 0 Å². The summed E-state index contributed by atoms with van der Waals surface area (Å²) in [5, 5.41) is 7.34. The van der Waals surface area contributed by atoms with Crippen molar-refractivity contribution in [1.29, 1.82) is 0 Å². The summed E-state index contributed by atoms with van der Waals surface area (Å²) in [6.07, 6.45) is 4.10. The predicted molar refractivity (Wildman–Crippen MR) is 56.4 cm³/mol. The van der Waals surface area contributed by atoms with Crippen molar-refractivity contribution in [2.75, 3.05) is 19.6 Å². The van der Waals surface area contributed by atoms with Gasteiger partial charge in [-0.25, -0.2) is 0 Å². The number of nitrogens with one attached hydrogen (secondary N) is 1. The zero-order chi connectivity index (χ0) is 10.5. The smallest absolute Gasteiger partial charge is 0.227 e. The van der Waals surface area contributed by atoms with E-state index in [1.54, 1.807) is 0 Å². The van der Waals surface area contributed by atoms with E-state index in [2.05, 4.69) is 15.5 Å². The molecule has 5 heteroatoms. The van der Waals surface area contributed by atoms with Crippen LogP contribution in [0.25, 0.3) is 0 Å². The molecule has 3 N–H and O–H groups in total. The first-order chi connectivity index (χ1) is 7.38. The molecule has 15 heavy (non-hydrogen) atoms. The van der Waals surface area contributed by atoms with Crippen molar-refractivity contribution < 1.29 is 4.52 Å². The molecule has 0 spiro atoms. The normalized spacial score (nSPS) is 21.8. The van der Waals surface area contributed by atoms with E-state index >= 15 is 0 Å². The highest BCUT2D eigenvalue weighted by Crippen LogP contribution is 2.14. The Labute approximate surface area is 89.4 Å². The highest BCUT2D eigenvalue weighted by Gasteiger charge is 2.16. The molecule has 1 saturated heterocycles. The average molecular weight is 210 g/mol. The minimum absolute atomic E-state index is 0.562. The van der Waals surface area contributed by atoms with Gasteiger partial charge in [0.25, 0.3) is 0 Å². The Morgan fingerprint density at radius 3 is 3.20 bits per heavy atom. The first kappa shape index (κ1) is 10.6. The molecule has 1 fully saturated rings. The fraction of sp³-hybridized carbons (Fsp3) is 0.800. The second kappa shape index (κ2) is 5.23. The Bertz CT molecular complexity index is 293. The van der Waals surface area contributed by atoms with Gasteiger partial charge in [0.1, 0.15) is 0 Å². The Kier molecular flexibility index (Phi) is 3.69. The molecule has 1 aromatic heterocycles. The summed E-state index contributed by atoms with van der Waals surface area (Å²) in [6.45, 7) is 2.77. The molecule has 0 radical (unpaired) electrons. The first-order valence-electron chi connectivity index (χ1n) is 5.60. The van der Waals surface area contributed by atoms with Crippen LogP contribution >= 0.6 is 0 Å². The molecular formula is C10H18N4O. The van der Waals surface area contributed by atoms with Gasteiger partial charge in [-0.1, -0.05) is 5.16 Å². The van der Waals surface area contributed by atoms with Gasteiger partial charge in [-0.05, 0) is 31.8 Å². The standard InChI is InChI=1S/C10H18N4O/c11-4-3-10-13-9(14-15-10)6-8-2-1-5-12-7-8/h8,12H,1-7,11H2. The molecule has 1 unspecified atom stereocenters. The molecule has 0 bridgehead atoms. The van der Waals surface area contributed by atoms with E-state index in [0.717, 1.165) is 25.3 Å². The van der Waals surface area contributed by atoms with Gasteiger partial charge in [0.2, 0.25) is 5.89 Å². The molecule has 0 aromatic carbocycles. The van der Waals surface area contributed by atoms with Gasteiger partial charge in [-0.2, -0.15) is 4.98 Å². The van der Waals surface area contributed by atoms with Crippen LogP contribution in [0.1, 0.15) is 24.6 Å². The molecule has 2 rings (SSSR count). The van der Waals surface area contributed by atoms with Crippen LogP contribution < -0.4 is 11.1 Å². The lowest BCUT2D eigenvalue weighted by molar-refractivity contribution is 0.350. The van der Waals surface area contributed by atoms with Gasteiger partial charge in [-0.3, -0.25) is 0 Å². The fourth-order valence-electron chi connectivity index (χ4n) is 1.95. The SMILES string of the molecule is NCCc1nc(CC2CCCNC2)no1.